The third kappa shape index (κ3) is 2.59. The summed E-state index contributed by atoms with van der Waals surface area (Å²) in [6.45, 7) is 0.797. The van der Waals surface area contributed by atoms with E-state index in [2.05, 4.69) is 70.9 Å². The number of aryl methyl sites for hydroxylation is 2. The van der Waals surface area contributed by atoms with E-state index in [1.807, 2.05) is 12.5 Å². The number of nitrogens with two attached hydrogens (primary N) is 1. The minimum atomic E-state index is -0.219. The van der Waals surface area contributed by atoms with Crippen LogP contribution in [0.1, 0.15) is 12.1 Å². The lowest BCUT2D eigenvalue weighted by Gasteiger charge is -2.23. The average Bonchev–Trinajstić information content (AvgIpc) is 3.47. The number of carbonyl (C=O) groups is 1. The number of furan rings is 1. The van der Waals surface area contributed by atoms with E-state index in [0.717, 1.165) is 35.2 Å². The SMILES string of the molecule is Cn1cc(-c2cocc2-c2c3n(c4ccccc24)CCC(C(N)=O)C3)c2ccccc21. The Morgan fingerprint density at radius 3 is 2.48 bits per heavy atom. The van der Waals surface area contributed by atoms with Crippen LogP contribution in [0.2, 0.25) is 0 Å². The Bertz CT molecular complexity index is 1470. The second kappa shape index (κ2) is 6.64. The van der Waals surface area contributed by atoms with E-state index in [9.17, 15) is 4.79 Å². The van der Waals surface area contributed by atoms with Gasteiger partial charge in [0.2, 0.25) is 5.91 Å². The van der Waals surface area contributed by atoms with Gasteiger partial charge >= 0.3 is 0 Å². The molecule has 1 aliphatic rings. The van der Waals surface area contributed by atoms with Gasteiger partial charge in [-0.15, -0.1) is 0 Å². The number of rotatable bonds is 3. The molecule has 2 aromatic carbocycles. The number of hydrogen-bond acceptors (Lipinski definition) is 2. The molecular weight excluding hydrogens is 386 g/mol. The first-order valence-corrected chi connectivity index (χ1v) is 10.6. The highest BCUT2D eigenvalue weighted by Gasteiger charge is 2.30. The van der Waals surface area contributed by atoms with Crippen molar-refractivity contribution >= 4 is 27.7 Å². The van der Waals surface area contributed by atoms with Crippen molar-refractivity contribution in [1.82, 2.24) is 9.13 Å². The molecule has 0 saturated heterocycles. The van der Waals surface area contributed by atoms with Crippen molar-refractivity contribution in [3.8, 4) is 22.3 Å². The predicted molar refractivity (Wildman–Crippen MR) is 123 cm³/mol. The third-order valence-corrected chi connectivity index (χ3v) is 6.74. The fraction of sp³-hybridized carbons (Fsp3) is 0.192. The number of hydrogen-bond donors (Lipinski definition) is 1. The zero-order valence-corrected chi connectivity index (χ0v) is 17.3. The summed E-state index contributed by atoms with van der Waals surface area (Å²) in [5.41, 5.74) is 13.7. The maximum absolute atomic E-state index is 12.0. The van der Waals surface area contributed by atoms with Gasteiger partial charge in [0, 0.05) is 75.5 Å². The molecule has 0 fully saturated rings. The lowest BCUT2D eigenvalue weighted by atomic mass is 9.90. The molecule has 1 amide bonds. The third-order valence-electron chi connectivity index (χ3n) is 6.74. The summed E-state index contributed by atoms with van der Waals surface area (Å²) in [6.07, 6.45) is 7.27. The number of para-hydroxylation sites is 2. The predicted octanol–water partition coefficient (Wildman–Crippen LogP) is 5.11. The molecule has 154 valence electrons. The summed E-state index contributed by atoms with van der Waals surface area (Å²) < 4.78 is 10.3. The van der Waals surface area contributed by atoms with Crippen molar-refractivity contribution < 1.29 is 9.21 Å². The molecule has 5 heteroatoms. The van der Waals surface area contributed by atoms with Crippen molar-refractivity contribution in [1.29, 1.82) is 0 Å². The van der Waals surface area contributed by atoms with E-state index in [1.54, 1.807) is 0 Å². The van der Waals surface area contributed by atoms with Gasteiger partial charge in [-0.2, -0.15) is 0 Å². The Labute approximate surface area is 179 Å². The van der Waals surface area contributed by atoms with E-state index >= 15 is 0 Å². The second-order valence-corrected chi connectivity index (χ2v) is 8.45. The summed E-state index contributed by atoms with van der Waals surface area (Å²) in [4.78, 5) is 12.0. The second-order valence-electron chi connectivity index (χ2n) is 8.45. The van der Waals surface area contributed by atoms with Gasteiger partial charge in [-0.1, -0.05) is 36.4 Å². The number of primary amides is 1. The highest BCUT2D eigenvalue weighted by molar-refractivity contribution is 6.05. The molecule has 0 aliphatic carbocycles. The molecule has 5 nitrogen and oxygen atoms in total. The van der Waals surface area contributed by atoms with E-state index in [1.165, 1.54) is 27.5 Å². The molecule has 0 bridgehead atoms. The van der Waals surface area contributed by atoms with Gasteiger partial charge in [0.1, 0.15) is 0 Å². The Hall–Kier alpha value is -3.73. The fourth-order valence-electron chi connectivity index (χ4n) is 5.24. The summed E-state index contributed by atoms with van der Waals surface area (Å²) >= 11 is 0. The summed E-state index contributed by atoms with van der Waals surface area (Å²) in [5.74, 6) is -0.354. The molecule has 31 heavy (non-hydrogen) atoms. The normalized spacial score (nSPS) is 16.1. The van der Waals surface area contributed by atoms with Crippen LogP contribution in [-0.4, -0.2) is 15.0 Å². The summed E-state index contributed by atoms with van der Waals surface area (Å²) in [6, 6.07) is 16.9. The van der Waals surface area contributed by atoms with Crippen molar-refractivity contribution in [2.45, 2.75) is 19.4 Å². The first-order valence-electron chi connectivity index (χ1n) is 10.6. The minimum absolute atomic E-state index is 0.136. The molecule has 4 heterocycles. The van der Waals surface area contributed by atoms with Crippen LogP contribution >= 0.6 is 0 Å². The van der Waals surface area contributed by atoms with Crippen molar-refractivity contribution in [2.75, 3.05) is 0 Å². The van der Waals surface area contributed by atoms with E-state index in [0.29, 0.717) is 6.42 Å². The Morgan fingerprint density at radius 2 is 1.68 bits per heavy atom. The molecule has 0 radical (unpaired) electrons. The smallest absolute Gasteiger partial charge is 0.220 e. The topological polar surface area (TPSA) is 66.1 Å². The molecule has 6 rings (SSSR count). The summed E-state index contributed by atoms with van der Waals surface area (Å²) in [7, 11) is 2.07. The zero-order chi connectivity index (χ0) is 21.1. The first kappa shape index (κ1) is 18.1. The number of benzene rings is 2. The highest BCUT2D eigenvalue weighted by atomic mass is 16.3. The standard InChI is InChI=1S/C26H23N3O2/c1-28-13-19(17-6-2-4-8-22(17)28)20-14-31-15-21(20)25-18-7-3-5-9-23(18)29-11-10-16(26(27)30)12-24(25)29/h2-9,13-16H,10-12H2,1H3,(H2,27,30). The van der Waals surface area contributed by atoms with Crippen LogP contribution in [0.15, 0.2) is 71.7 Å². The molecule has 2 N–H and O–H groups in total. The van der Waals surface area contributed by atoms with Crippen LogP contribution in [0, 0.1) is 5.92 Å². The minimum Gasteiger partial charge on any atom is -0.471 e. The monoisotopic (exact) mass is 409 g/mol. The van der Waals surface area contributed by atoms with Crippen molar-refractivity contribution in [3.63, 3.8) is 0 Å². The van der Waals surface area contributed by atoms with Crippen LogP contribution in [-0.2, 0) is 24.8 Å². The van der Waals surface area contributed by atoms with Crippen LogP contribution in [0.3, 0.4) is 0 Å². The van der Waals surface area contributed by atoms with Gasteiger partial charge in [0.05, 0.1) is 12.5 Å². The Balaban J connectivity index is 1.63. The Kier molecular flexibility index (Phi) is 3.87. The number of amides is 1. The van der Waals surface area contributed by atoms with Gasteiger partial charge < -0.3 is 19.3 Å². The fourth-order valence-corrected chi connectivity index (χ4v) is 5.24. The van der Waals surface area contributed by atoms with Crippen LogP contribution < -0.4 is 5.73 Å². The molecule has 3 aromatic heterocycles. The van der Waals surface area contributed by atoms with E-state index < -0.39 is 0 Å². The molecule has 1 atom stereocenters. The molecule has 1 aliphatic heterocycles. The van der Waals surface area contributed by atoms with Gasteiger partial charge in [-0.3, -0.25) is 4.79 Å². The number of carbonyl (C=O) groups excluding carboxylic acids is 1. The van der Waals surface area contributed by atoms with Gasteiger partial charge in [-0.25, -0.2) is 0 Å². The van der Waals surface area contributed by atoms with Gasteiger partial charge in [0.15, 0.2) is 0 Å². The van der Waals surface area contributed by atoms with Crippen molar-refractivity contribution in [3.05, 3.63) is 72.9 Å². The number of aromatic nitrogens is 2. The maximum Gasteiger partial charge on any atom is 0.220 e. The zero-order valence-electron chi connectivity index (χ0n) is 17.3. The average molecular weight is 409 g/mol. The number of nitrogens with zero attached hydrogens (tertiary/aromatic N) is 2. The van der Waals surface area contributed by atoms with Crippen LogP contribution in [0.25, 0.3) is 44.1 Å². The van der Waals surface area contributed by atoms with E-state index in [-0.39, 0.29) is 11.8 Å². The summed E-state index contributed by atoms with van der Waals surface area (Å²) in [5, 5.41) is 2.38. The lowest BCUT2D eigenvalue weighted by molar-refractivity contribution is -0.122. The molecule has 0 saturated carbocycles. The molecular formula is C26H23N3O2. The van der Waals surface area contributed by atoms with Crippen LogP contribution in [0.4, 0.5) is 0 Å². The van der Waals surface area contributed by atoms with Crippen LogP contribution in [0.5, 0.6) is 0 Å². The first-order chi connectivity index (χ1) is 15.1. The van der Waals surface area contributed by atoms with Gasteiger partial charge in [-0.05, 0) is 25.0 Å². The van der Waals surface area contributed by atoms with Gasteiger partial charge in [0.25, 0.3) is 0 Å². The quantitative estimate of drug-likeness (QED) is 0.450. The largest absolute Gasteiger partial charge is 0.471 e. The van der Waals surface area contributed by atoms with Crippen molar-refractivity contribution in [2.24, 2.45) is 18.7 Å². The Morgan fingerprint density at radius 1 is 0.968 bits per heavy atom. The maximum atomic E-state index is 12.0. The highest BCUT2D eigenvalue weighted by Crippen LogP contribution is 2.44. The molecule has 1 unspecified atom stereocenters. The molecule has 5 aromatic rings. The number of fused-ring (bicyclic) bond motifs is 4. The molecule has 0 spiro atoms. The van der Waals surface area contributed by atoms with E-state index in [4.69, 9.17) is 10.2 Å². The lowest BCUT2D eigenvalue weighted by Crippen LogP contribution is -2.30.